The van der Waals surface area contributed by atoms with Gasteiger partial charge in [0.05, 0.1) is 23.3 Å². The van der Waals surface area contributed by atoms with Crippen LogP contribution in [0.5, 0.6) is 0 Å². The van der Waals surface area contributed by atoms with Gasteiger partial charge >= 0.3 is 0 Å². The Kier molecular flexibility index (Phi) is 3.50. The number of amides is 1. The molecule has 4 aliphatic carbocycles. The number of rotatable bonds is 2. The highest BCUT2D eigenvalue weighted by atomic mass is 16.3. The van der Waals surface area contributed by atoms with Gasteiger partial charge in [0.1, 0.15) is 5.82 Å². The normalized spacial score (nSPS) is 39.5. The number of fused-ring (bicyclic) bond motifs is 1. The van der Waals surface area contributed by atoms with Crippen LogP contribution in [0.25, 0.3) is 0 Å². The van der Waals surface area contributed by atoms with Crippen molar-refractivity contribution in [2.24, 2.45) is 16.7 Å². The zero-order chi connectivity index (χ0) is 19.0. The third kappa shape index (κ3) is 2.52. The van der Waals surface area contributed by atoms with Crippen LogP contribution in [0.3, 0.4) is 0 Å². The summed E-state index contributed by atoms with van der Waals surface area (Å²) < 4.78 is 0. The summed E-state index contributed by atoms with van der Waals surface area (Å²) in [7, 11) is 0. The molecule has 4 saturated carbocycles. The topological polar surface area (TPSA) is 86.3 Å². The van der Waals surface area contributed by atoms with Crippen LogP contribution in [-0.2, 0) is 17.8 Å². The summed E-state index contributed by atoms with van der Waals surface area (Å²) in [6.45, 7) is 4.99. The van der Waals surface area contributed by atoms with Crippen LogP contribution in [-0.4, -0.2) is 38.0 Å². The molecule has 0 saturated heterocycles. The third-order valence-electron chi connectivity index (χ3n) is 7.84. The highest BCUT2D eigenvalue weighted by Gasteiger charge is 2.65. The Bertz CT molecular complexity index is 880. The lowest BCUT2D eigenvalue weighted by Crippen LogP contribution is -2.64. The number of nitrogens with one attached hydrogen (secondary N) is 1. The van der Waals surface area contributed by atoms with Crippen molar-refractivity contribution in [2.45, 2.75) is 77.4 Å². The number of H-pyrrole nitrogens is 1. The predicted molar refractivity (Wildman–Crippen MR) is 100 cm³/mol. The molecule has 1 aliphatic heterocycles. The van der Waals surface area contributed by atoms with Gasteiger partial charge in [-0.05, 0) is 63.2 Å². The van der Waals surface area contributed by atoms with Gasteiger partial charge in [-0.2, -0.15) is 0 Å². The van der Waals surface area contributed by atoms with Gasteiger partial charge in [-0.1, -0.05) is 13.3 Å². The summed E-state index contributed by atoms with van der Waals surface area (Å²) in [5.74, 6) is 1.26. The van der Waals surface area contributed by atoms with Crippen molar-refractivity contribution < 1.29 is 9.90 Å². The molecule has 4 fully saturated rings. The van der Waals surface area contributed by atoms with Gasteiger partial charge < -0.3 is 15.0 Å². The summed E-state index contributed by atoms with van der Waals surface area (Å²) >= 11 is 0. The number of hydrogen-bond donors (Lipinski definition) is 2. The van der Waals surface area contributed by atoms with Gasteiger partial charge in [0.25, 0.3) is 5.56 Å². The van der Waals surface area contributed by atoms with Crippen LogP contribution in [0, 0.1) is 23.7 Å². The Morgan fingerprint density at radius 2 is 2.11 bits per heavy atom. The Balaban J connectivity index is 1.47. The molecule has 0 aromatic carbocycles. The second-order valence-electron chi connectivity index (χ2n) is 9.92. The number of aromatic nitrogens is 2. The standard InChI is InChI=1S/C21H29N3O3/c1-3-19-6-14-7-20(10-19,12-21(27,8-14)11-19)18(26)24-5-4-15-16(9-24)22-13(2)23-17(15)25/h14,27H,3-12H2,1-2H3,(H,22,23,25). The number of hydrogen-bond acceptors (Lipinski definition) is 4. The highest BCUT2D eigenvalue weighted by Crippen LogP contribution is 2.68. The smallest absolute Gasteiger partial charge is 0.254 e. The molecule has 6 rings (SSSR count). The minimum absolute atomic E-state index is 0.0707. The summed E-state index contributed by atoms with van der Waals surface area (Å²) in [4.78, 5) is 35.1. The van der Waals surface area contributed by atoms with Crippen molar-refractivity contribution in [3.05, 3.63) is 27.4 Å². The number of carbonyl (C=O) groups is 1. The number of aryl methyl sites for hydroxylation is 1. The molecule has 146 valence electrons. The molecule has 0 spiro atoms. The maximum Gasteiger partial charge on any atom is 0.254 e. The lowest BCUT2D eigenvalue weighted by molar-refractivity contribution is -0.210. The second-order valence-corrected chi connectivity index (χ2v) is 9.92. The largest absolute Gasteiger partial charge is 0.390 e. The van der Waals surface area contributed by atoms with E-state index in [1.54, 1.807) is 6.92 Å². The fourth-order valence-corrected chi connectivity index (χ4v) is 7.29. The molecule has 6 nitrogen and oxygen atoms in total. The fourth-order valence-electron chi connectivity index (χ4n) is 7.29. The van der Waals surface area contributed by atoms with E-state index >= 15 is 0 Å². The third-order valence-corrected chi connectivity index (χ3v) is 7.84. The van der Waals surface area contributed by atoms with Crippen molar-refractivity contribution in [1.29, 1.82) is 0 Å². The molecule has 4 unspecified atom stereocenters. The van der Waals surface area contributed by atoms with Gasteiger partial charge in [0.15, 0.2) is 0 Å². The lowest BCUT2D eigenvalue weighted by atomic mass is 9.42. The minimum Gasteiger partial charge on any atom is -0.390 e. The molecule has 1 amide bonds. The Morgan fingerprint density at radius 3 is 2.85 bits per heavy atom. The van der Waals surface area contributed by atoms with Crippen molar-refractivity contribution in [1.82, 2.24) is 14.9 Å². The zero-order valence-corrected chi connectivity index (χ0v) is 16.3. The first-order valence-electron chi connectivity index (χ1n) is 10.4. The second kappa shape index (κ2) is 5.43. The Morgan fingerprint density at radius 1 is 1.30 bits per heavy atom. The first-order valence-corrected chi connectivity index (χ1v) is 10.4. The monoisotopic (exact) mass is 371 g/mol. The van der Waals surface area contributed by atoms with E-state index in [-0.39, 0.29) is 16.9 Å². The van der Waals surface area contributed by atoms with E-state index in [9.17, 15) is 14.7 Å². The van der Waals surface area contributed by atoms with Crippen LogP contribution < -0.4 is 5.56 Å². The average molecular weight is 371 g/mol. The Labute approximate surface area is 159 Å². The molecule has 1 aromatic heterocycles. The van der Waals surface area contributed by atoms with Gasteiger partial charge in [-0.15, -0.1) is 0 Å². The van der Waals surface area contributed by atoms with E-state index in [2.05, 4.69) is 16.9 Å². The summed E-state index contributed by atoms with van der Waals surface area (Å²) in [6.07, 6.45) is 6.94. The van der Waals surface area contributed by atoms with E-state index in [0.717, 1.165) is 43.4 Å². The maximum absolute atomic E-state index is 13.7. The van der Waals surface area contributed by atoms with Crippen LogP contribution in [0.1, 0.15) is 69.0 Å². The molecule has 2 heterocycles. The summed E-state index contributed by atoms with van der Waals surface area (Å²) in [5, 5.41) is 11.2. The predicted octanol–water partition coefficient (Wildman–Crippen LogP) is 2.07. The zero-order valence-electron chi connectivity index (χ0n) is 16.3. The van der Waals surface area contributed by atoms with Gasteiger partial charge in [0.2, 0.25) is 5.91 Å². The Hall–Kier alpha value is -1.69. The molecule has 4 bridgehead atoms. The molecule has 2 N–H and O–H groups in total. The van der Waals surface area contributed by atoms with Crippen LogP contribution >= 0.6 is 0 Å². The summed E-state index contributed by atoms with van der Waals surface area (Å²) in [6, 6.07) is 0. The number of carbonyl (C=O) groups excluding carboxylic acids is 1. The van der Waals surface area contributed by atoms with Crippen LogP contribution in [0.4, 0.5) is 0 Å². The first-order chi connectivity index (χ1) is 12.8. The van der Waals surface area contributed by atoms with Gasteiger partial charge in [-0.25, -0.2) is 4.98 Å². The number of aliphatic hydroxyl groups is 1. The molecule has 27 heavy (non-hydrogen) atoms. The molecule has 0 radical (unpaired) electrons. The minimum atomic E-state index is -0.662. The van der Waals surface area contributed by atoms with E-state index in [1.807, 2.05) is 4.90 Å². The molecule has 5 aliphatic rings. The van der Waals surface area contributed by atoms with Crippen molar-refractivity contribution in [3.8, 4) is 0 Å². The number of aromatic amines is 1. The maximum atomic E-state index is 13.7. The van der Waals surface area contributed by atoms with E-state index in [4.69, 9.17) is 0 Å². The molecular weight excluding hydrogens is 342 g/mol. The van der Waals surface area contributed by atoms with Crippen LogP contribution in [0.2, 0.25) is 0 Å². The molecule has 1 aromatic rings. The lowest BCUT2D eigenvalue weighted by Gasteiger charge is -2.65. The molecule has 4 atom stereocenters. The first kappa shape index (κ1) is 17.4. The van der Waals surface area contributed by atoms with E-state index in [0.29, 0.717) is 37.7 Å². The summed E-state index contributed by atoms with van der Waals surface area (Å²) in [5.41, 5.74) is 0.439. The van der Waals surface area contributed by atoms with Crippen molar-refractivity contribution >= 4 is 5.91 Å². The van der Waals surface area contributed by atoms with Crippen molar-refractivity contribution in [3.63, 3.8) is 0 Å². The van der Waals surface area contributed by atoms with Crippen molar-refractivity contribution in [2.75, 3.05) is 6.54 Å². The fraction of sp³-hybridized carbons (Fsp3) is 0.762. The number of nitrogens with zero attached hydrogens (tertiary/aromatic N) is 2. The average Bonchev–Trinajstić information content (AvgIpc) is 2.58. The van der Waals surface area contributed by atoms with E-state index in [1.165, 1.54) is 6.42 Å². The molecule has 6 heteroatoms. The quantitative estimate of drug-likeness (QED) is 0.833. The van der Waals surface area contributed by atoms with Gasteiger partial charge in [0, 0.05) is 12.1 Å². The molecular formula is C21H29N3O3. The van der Waals surface area contributed by atoms with Crippen LogP contribution in [0.15, 0.2) is 4.79 Å². The van der Waals surface area contributed by atoms with E-state index < -0.39 is 11.0 Å². The SMILES string of the molecule is CCC12CC3CC(O)(C1)CC(C(=O)N1CCc4c(nc(C)[nH]c4=O)C1)(C3)C2. The van der Waals surface area contributed by atoms with Gasteiger partial charge in [-0.3, -0.25) is 9.59 Å². The highest BCUT2D eigenvalue weighted by molar-refractivity contribution is 5.84.